The molecule has 1 amide bonds. The molecule has 1 aromatic heterocycles. The molecule has 2 aromatic rings. The second-order valence-corrected chi connectivity index (χ2v) is 5.76. The lowest BCUT2D eigenvalue weighted by Gasteiger charge is -2.27. The smallest absolute Gasteiger partial charge is 0.270 e. The molecule has 0 radical (unpaired) electrons. The Morgan fingerprint density at radius 2 is 1.95 bits per heavy atom. The number of pyridine rings is 1. The van der Waals surface area contributed by atoms with Gasteiger partial charge in [-0.25, -0.2) is 0 Å². The number of amides is 1. The van der Waals surface area contributed by atoms with Crippen molar-refractivity contribution in [3.8, 4) is 0 Å². The SMILES string of the molecule is CC(C)(NC(=O)c1ccccn1)c1ccc(Cl)cc1Cl. The summed E-state index contributed by atoms with van der Waals surface area (Å²) in [6, 6.07) is 10.4. The van der Waals surface area contributed by atoms with Gasteiger partial charge < -0.3 is 5.32 Å². The molecule has 1 heterocycles. The highest BCUT2D eigenvalue weighted by atomic mass is 35.5. The number of nitrogens with zero attached hydrogens (tertiary/aromatic N) is 1. The Morgan fingerprint density at radius 1 is 1.20 bits per heavy atom. The lowest BCUT2D eigenvalue weighted by Crippen LogP contribution is -2.41. The van der Waals surface area contributed by atoms with Crippen molar-refractivity contribution >= 4 is 29.1 Å². The lowest BCUT2D eigenvalue weighted by molar-refractivity contribution is 0.0907. The molecule has 0 spiro atoms. The zero-order valence-electron chi connectivity index (χ0n) is 11.2. The topological polar surface area (TPSA) is 42.0 Å². The zero-order valence-corrected chi connectivity index (χ0v) is 12.7. The summed E-state index contributed by atoms with van der Waals surface area (Å²) < 4.78 is 0. The summed E-state index contributed by atoms with van der Waals surface area (Å²) in [4.78, 5) is 16.2. The second kappa shape index (κ2) is 5.81. The Bertz CT molecular complexity index is 627. The van der Waals surface area contributed by atoms with Crippen molar-refractivity contribution in [2.45, 2.75) is 19.4 Å². The van der Waals surface area contributed by atoms with Crippen molar-refractivity contribution in [3.05, 3.63) is 63.9 Å². The quantitative estimate of drug-likeness (QED) is 0.929. The molecular weight excluding hydrogens is 295 g/mol. The van der Waals surface area contributed by atoms with Crippen LogP contribution in [0.5, 0.6) is 0 Å². The minimum absolute atomic E-state index is 0.249. The predicted molar refractivity (Wildman–Crippen MR) is 81.2 cm³/mol. The van der Waals surface area contributed by atoms with E-state index < -0.39 is 5.54 Å². The molecule has 0 bridgehead atoms. The van der Waals surface area contributed by atoms with E-state index in [1.165, 1.54) is 0 Å². The minimum Gasteiger partial charge on any atom is -0.342 e. The fourth-order valence-electron chi connectivity index (χ4n) is 1.91. The minimum atomic E-state index is -0.629. The maximum Gasteiger partial charge on any atom is 0.270 e. The third kappa shape index (κ3) is 3.30. The van der Waals surface area contributed by atoms with Gasteiger partial charge in [0.25, 0.3) is 5.91 Å². The van der Waals surface area contributed by atoms with Crippen molar-refractivity contribution in [2.75, 3.05) is 0 Å². The standard InChI is InChI=1S/C15H14Cl2N2O/c1-15(2,11-7-6-10(16)9-12(11)17)19-14(20)13-5-3-4-8-18-13/h3-9H,1-2H3,(H,19,20). The first kappa shape index (κ1) is 14.8. The summed E-state index contributed by atoms with van der Waals surface area (Å²) in [5.41, 5.74) is 0.537. The maximum atomic E-state index is 12.2. The van der Waals surface area contributed by atoms with Crippen LogP contribution in [-0.4, -0.2) is 10.9 Å². The predicted octanol–water partition coefficient (Wildman–Crippen LogP) is 4.05. The number of hydrogen-bond acceptors (Lipinski definition) is 2. The van der Waals surface area contributed by atoms with Gasteiger partial charge in [0.15, 0.2) is 0 Å². The molecule has 3 nitrogen and oxygen atoms in total. The zero-order chi connectivity index (χ0) is 14.8. The van der Waals surface area contributed by atoms with Gasteiger partial charge in [-0.05, 0) is 43.7 Å². The van der Waals surface area contributed by atoms with Crippen LogP contribution in [0, 0.1) is 0 Å². The van der Waals surface area contributed by atoms with Crippen LogP contribution in [0.4, 0.5) is 0 Å². The van der Waals surface area contributed by atoms with Crippen molar-refractivity contribution in [1.29, 1.82) is 0 Å². The normalized spacial score (nSPS) is 11.2. The van der Waals surface area contributed by atoms with E-state index >= 15 is 0 Å². The van der Waals surface area contributed by atoms with E-state index in [2.05, 4.69) is 10.3 Å². The number of carbonyl (C=O) groups excluding carboxylic acids is 1. The van der Waals surface area contributed by atoms with E-state index in [1.807, 2.05) is 19.9 Å². The van der Waals surface area contributed by atoms with Gasteiger partial charge in [-0.15, -0.1) is 0 Å². The van der Waals surface area contributed by atoms with Gasteiger partial charge in [0.05, 0.1) is 5.54 Å². The summed E-state index contributed by atoms with van der Waals surface area (Å²) in [5, 5.41) is 4.00. The first-order valence-corrected chi connectivity index (χ1v) is 6.85. The van der Waals surface area contributed by atoms with Crippen LogP contribution in [-0.2, 0) is 5.54 Å². The number of halogens is 2. The summed E-state index contributed by atoms with van der Waals surface area (Å²) in [5.74, 6) is -0.249. The van der Waals surface area contributed by atoms with Crippen LogP contribution in [0.1, 0.15) is 29.9 Å². The number of nitrogens with one attached hydrogen (secondary N) is 1. The van der Waals surface area contributed by atoms with E-state index in [0.29, 0.717) is 15.7 Å². The monoisotopic (exact) mass is 308 g/mol. The average Bonchev–Trinajstić information content (AvgIpc) is 2.38. The number of rotatable bonds is 3. The van der Waals surface area contributed by atoms with Crippen LogP contribution in [0.3, 0.4) is 0 Å². The molecule has 1 aromatic carbocycles. The molecule has 104 valence electrons. The first-order valence-electron chi connectivity index (χ1n) is 6.09. The number of benzene rings is 1. The van der Waals surface area contributed by atoms with E-state index in [-0.39, 0.29) is 5.91 Å². The van der Waals surface area contributed by atoms with E-state index in [4.69, 9.17) is 23.2 Å². The number of hydrogen-bond donors (Lipinski definition) is 1. The van der Waals surface area contributed by atoms with Crippen LogP contribution < -0.4 is 5.32 Å². The van der Waals surface area contributed by atoms with Gasteiger partial charge in [0, 0.05) is 16.2 Å². The van der Waals surface area contributed by atoms with E-state index in [1.54, 1.807) is 36.5 Å². The molecular formula is C15H14Cl2N2O. The highest BCUT2D eigenvalue weighted by Crippen LogP contribution is 2.30. The Labute approximate surface area is 127 Å². The van der Waals surface area contributed by atoms with Gasteiger partial charge >= 0.3 is 0 Å². The molecule has 0 atom stereocenters. The largest absolute Gasteiger partial charge is 0.342 e. The molecule has 0 unspecified atom stereocenters. The highest BCUT2D eigenvalue weighted by molar-refractivity contribution is 6.35. The molecule has 0 aliphatic carbocycles. The molecule has 1 N–H and O–H groups in total. The summed E-state index contributed by atoms with van der Waals surface area (Å²) in [7, 11) is 0. The van der Waals surface area contributed by atoms with Crippen molar-refractivity contribution in [1.82, 2.24) is 10.3 Å². The molecule has 5 heteroatoms. The molecule has 0 saturated carbocycles. The lowest BCUT2D eigenvalue weighted by atomic mass is 9.94. The summed E-state index contributed by atoms with van der Waals surface area (Å²) in [6.07, 6.45) is 1.58. The van der Waals surface area contributed by atoms with Crippen molar-refractivity contribution < 1.29 is 4.79 Å². The molecule has 2 rings (SSSR count). The Morgan fingerprint density at radius 3 is 2.55 bits per heavy atom. The van der Waals surface area contributed by atoms with E-state index in [0.717, 1.165) is 5.56 Å². The second-order valence-electron chi connectivity index (χ2n) is 4.92. The number of carbonyl (C=O) groups is 1. The molecule has 0 aliphatic heterocycles. The van der Waals surface area contributed by atoms with Crippen LogP contribution in [0.25, 0.3) is 0 Å². The van der Waals surface area contributed by atoms with E-state index in [9.17, 15) is 4.79 Å². The highest BCUT2D eigenvalue weighted by Gasteiger charge is 2.26. The molecule has 0 fully saturated rings. The molecule has 20 heavy (non-hydrogen) atoms. The third-order valence-corrected chi connectivity index (χ3v) is 3.48. The average molecular weight is 309 g/mol. The summed E-state index contributed by atoms with van der Waals surface area (Å²) in [6.45, 7) is 3.76. The van der Waals surface area contributed by atoms with Crippen molar-refractivity contribution in [3.63, 3.8) is 0 Å². The van der Waals surface area contributed by atoms with Crippen LogP contribution in [0.15, 0.2) is 42.6 Å². The fourth-order valence-corrected chi connectivity index (χ4v) is 2.55. The van der Waals surface area contributed by atoms with Crippen LogP contribution in [0.2, 0.25) is 10.0 Å². The third-order valence-electron chi connectivity index (χ3n) is 2.93. The number of aromatic nitrogens is 1. The first-order chi connectivity index (χ1) is 9.40. The van der Waals surface area contributed by atoms with Gasteiger partial charge in [-0.1, -0.05) is 35.3 Å². The van der Waals surface area contributed by atoms with Gasteiger partial charge in [-0.2, -0.15) is 0 Å². The van der Waals surface area contributed by atoms with Crippen LogP contribution >= 0.6 is 23.2 Å². The molecule has 0 aliphatic rings. The van der Waals surface area contributed by atoms with Gasteiger partial charge in [0.2, 0.25) is 0 Å². The Balaban J connectivity index is 2.25. The summed E-state index contributed by atoms with van der Waals surface area (Å²) >= 11 is 12.1. The Kier molecular flexibility index (Phi) is 4.31. The molecule has 0 saturated heterocycles. The Hall–Kier alpha value is -1.58. The maximum absolute atomic E-state index is 12.2. The van der Waals surface area contributed by atoms with Crippen molar-refractivity contribution in [2.24, 2.45) is 0 Å². The van der Waals surface area contributed by atoms with Gasteiger partial charge in [0.1, 0.15) is 5.69 Å². The van der Waals surface area contributed by atoms with Gasteiger partial charge in [-0.3, -0.25) is 9.78 Å². The fraction of sp³-hybridized carbons (Fsp3) is 0.200.